The largest absolute Gasteiger partial charge is 0.346 e. The summed E-state index contributed by atoms with van der Waals surface area (Å²) in [7, 11) is 1.78. The number of hydrogen-bond acceptors (Lipinski definition) is 2. The van der Waals surface area contributed by atoms with Crippen LogP contribution in [0.3, 0.4) is 0 Å². The van der Waals surface area contributed by atoms with Crippen LogP contribution >= 0.6 is 0 Å². The number of nitrogens with zero attached hydrogens (tertiary/aromatic N) is 2. The van der Waals surface area contributed by atoms with Gasteiger partial charge in [-0.2, -0.15) is 0 Å². The molecule has 1 aromatic rings. The quantitative estimate of drug-likeness (QED) is 0.832. The molecule has 0 N–H and O–H groups in total. The van der Waals surface area contributed by atoms with Crippen LogP contribution in [0.25, 0.3) is 0 Å². The highest BCUT2D eigenvalue weighted by Crippen LogP contribution is 2.26. The Bertz CT molecular complexity index is 481. The molecule has 1 aliphatic rings. The molecule has 1 atom stereocenters. The lowest BCUT2D eigenvalue weighted by molar-refractivity contribution is -0.134. The predicted octanol–water partition coefficient (Wildman–Crippen LogP) is 1.83. The van der Waals surface area contributed by atoms with Crippen molar-refractivity contribution in [2.24, 2.45) is 5.92 Å². The number of carbonyl (C=O) groups is 2. The first-order chi connectivity index (χ1) is 9.02. The second kappa shape index (κ2) is 5.43. The highest BCUT2D eigenvalue weighted by Gasteiger charge is 2.36. The summed E-state index contributed by atoms with van der Waals surface area (Å²) in [4.78, 5) is 27.5. The van der Waals surface area contributed by atoms with E-state index in [1.807, 2.05) is 38.1 Å². The van der Waals surface area contributed by atoms with Gasteiger partial charge in [-0.05, 0) is 26.0 Å². The molecule has 1 aliphatic heterocycles. The van der Waals surface area contributed by atoms with Gasteiger partial charge in [0.25, 0.3) is 0 Å². The van der Waals surface area contributed by atoms with Crippen LogP contribution in [0.2, 0.25) is 0 Å². The van der Waals surface area contributed by atoms with Gasteiger partial charge in [-0.3, -0.25) is 9.59 Å². The van der Waals surface area contributed by atoms with Crippen molar-refractivity contribution in [3.8, 4) is 0 Å². The molecule has 1 fully saturated rings. The van der Waals surface area contributed by atoms with Crippen molar-refractivity contribution < 1.29 is 9.59 Å². The molecular formula is C15H20N2O2. The third kappa shape index (κ3) is 2.78. The molecule has 102 valence electrons. The lowest BCUT2D eigenvalue weighted by Crippen LogP contribution is -2.34. The lowest BCUT2D eigenvalue weighted by Gasteiger charge is -2.20. The molecule has 0 saturated carbocycles. The number of anilines is 1. The molecule has 1 saturated heterocycles. The second-order valence-electron chi connectivity index (χ2n) is 5.09. The molecule has 0 aliphatic carbocycles. The van der Waals surface area contributed by atoms with Crippen LogP contribution in [0.15, 0.2) is 24.3 Å². The molecule has 1 heterocycles. The zero-order valence-electron chi connectivity index (χ0n) is 11.7. The van der Waals surface area contributed by atoms with E-state index in [-0.39, 0.29) is 17.7 Å². The minimum Gasteiger partial charge on any atom is -0.346 e. The summed E-state index contributed by atoms with van der Waals surface area (Å²) >= 11 is 0. The van der Waals surface area contributed by atoms with Crippen LogP contribution in [0, 0.1) is 12.8 Å². The van der Waals surface area contributed by atoms with E-state index in [1.165, 1.54) is 0 Å². The van der Waals surface area contributed by atoms with Gasteiger partial charge in [0.05, 0.1) is 5.92 Å². The monoisotopic (exact) mass is 260 g/mol. The molecule has 1 unspecified atom stereocenters. The third-order valence-electron chi connectivity index (χ3n) is 3.67. The van der Waals surface area contributed by atoms with Crippen LogP contribution in [0.5, 0.6) is 0 Å². The highest BCUT2D eigenvalue weighted by atomic mass is 16.2. The summed E-state index contributed by atoms with van der Waals surface area (Å²) < 4.78 is 0. The van der Waals surface area contributed by atoms with Crippen molar-refractivity contribution in [2.75, 3.05) is 25.0 Å². The molecule has 0 radical (unpaired) electrons. The van der Waals surface area contributed by atoms with Gasteiger partial charge in [0.1, 0.15) is 0 Å². The van der Waals surface area contributed by atoms with Crippen molar-refractivity contribution >= 4 is 17.5 Å². The normalized spacial score (nSPS) is 18.8. The van der Waals surface area contributed by atoms with Gasteiger partial charge in [0.15, 0.2) is 0 Å². The topological polar surface area (TPSA) is 40.6 Å². The fourth-order valence-electron chi connectivity index (χ4n) is 2.31. The fourth-order valence-corrected chi connectivity index (χ4v) is 2.31. The molecule has 4 nitrogen and oxygen atoms in total. The average molecular weight is 260 g/mol. The Kier molecular flexibility index (Phi) is 3.88. The molecule has 19 heavy (non-hydrogen) atoms. The van der Waals surface area contributed by atoms with Crippen LogP contribution < -0.4 is 4.90 Å². The first-order valence-electron chi connectivity index (χ1n) is 6.65. The summed E-state index contributed by atoms with van der Waals surface area (Å²) in [6.07, 6.45) is 0.317. The third-order valence-corrected chi connectivity index (χ3v) is 3.67. The van der Waals surface area contributed by atoms with Gasteiger partial charge in [-0.25, -0.2) is 0 Å². The zero-order valence-corrected chi connectivity index (χ0v) is 11.7. The molecule has 0 aromatic heterocycles. The average Bonchev–Trinajstić information content (AvgIpc) is 2.80. The molecule has 1 aromatic carbocycles. The SMILES string of the molecule is CCN(C)C(=O)C1CC(=O)N(c2ccc(C)cc2)C1. The summed E-state index contributed by atoms with van der Waals surface area (Å²) in [6, 6.07) is 7.83. The standard InChI is InChI=1S/C15H20N2O2/c1-4-16(3)15(19)12-9-14(18)17(10-12)13-7-5-11(2)6-8-13/h5-8,12H,4,9-10H2,1-3H3. The molecule has 2 amide bonds. The smallest absolute Gasteiger partial charge is 0.227 e. The molecule has 4 heteroatoms. The summed E-state index contributed by atoms with van der Waals surface area (Å²) in [6.45, 7) is 5.11. The van der Waals surface area contributed by atoms with Gasteiger partial charge in [-0.15, -0.1) is 0 Å². The maximum absolute atomic E-state index is 12.1. The minimum absolute atomic E-state index is 0.0340. The Morgan fingerprint density at radius 2 is 2.00 bits per heavy atom. The van der Waals surface area contributed by atoms with Crippen LogP contribution in [-0.2, 0) is 9.59 Å². The van der Waals surface area contributed by atoms with Crippen molar-refractivity contribution in [3.63, 3.8) is 0 Å². The van der Waals surface area contributed by atoms with Gasteiger partial charge in [-0.1, -0.05) is 17.7 Å². The van der Waals surface area contributed by atoms with E-state index in [0.29, 0.717) is 19.5 Å². The Morgan fingerprint density at radius 1 is 1.37 bits per heavy atom. The van der Waals surface area contributed by atoms with E-state index in [2.05, 4.69) is 0 Å². The molecule has 2 rings (SSSR count). The van der Waals surface area contributed by atoms with E-state index < -0.39 is 0 Å². The number of amides is 2. The summed E-state index contributed by atoms with van der Waals surface area (Å²) in [5.41, 5.74) is 2.04. The Morgan fingerprint density at radius 3 is 2.58 bits per heavy atom. The summed E-state index contributed by atoms with van der Waals surface area (Å²) in [5.74, 6) is -0.115. The summed E-state index contributed by atoms with van der Waals surface area (Å²) in [5, 5.41) is 0. The van der Waals surface area contributed by atoms with Crippen molar-refractivity contribution in [3.05, 3.63) is 29.8 Å². The number of hydrogen-bond donors (Lipinski definition) is 0. The first kappa shape index (κ1) is 13.6. The van der Waals surface area contributed by atoms with Crippen LogP contribution in [-0.4, -0.2) is 36.9 Å². The first-order valence-corrected chi connectivity index (χ1v) is 6.65. The van der Waals surface area contributed by atoms with Crippen molar-refractivity contribution in [2.45, 2.75) is 20.3 Å². The maximum atomic E-state index is 12.1. The predicted molar refractivity (Wildman–Crippen MR) is 75.0 cm³/mol. The van der Waals surface area contributed by atoms with Gasteiger partial charge in [0, 0.05) is 32.2 Å². The maximum Gasteiger partial charge on any atom is 0.227 e. The van der Waals surface area contributed by atoms with E-state index >= 15 is 0 Å². The van der Waals surface area contributed by atoms with Gasteiger partial charge in [0.2, 0.25) is 11.8 Å². The Balaban J connectivity index is 2.11. The van der Waals surface area contributed by atoms with E-state index in [1.54, 1.807) is 16.8 Å². The Labute approximate surface area is 114 Å². The number of rotatable bonds is 3. The van der Waals surface area contributed by atoms with E-state index in [4.69, 9.17) is 0 Å². The highest BCUT2D eigenvalue weighted by molar-refractivity contribution is 6.00. The van der Waals surface area contributed by atoms with E-state index in [0.717, 1.165) is 11.3 Å². The fraction of sp³-hybridized carbons (Fsp3) is 0.467. The molecule has 0 spiro atoms. The zero-order chi connectivity index (χ0) is 14.0. The molecule has 0 bridgehead atoms. The number of aryl methyl sites for hydroxylation is 1. The second-order valence-corrected chi connectivity index (χ2v) is 5.09. The van der Waals surface area contributed by atoms with Gasteiger partial charge < -0.3 is 9.80 Å². The van der Waals surface area contributed by atoms with Crippen LogP contribution in [0.1, 0.15) is 18.9 Å². The number of carbonyl (C=O) groups excluding carboxylic acids is 2. The Hall–Kier alpha value is -1.84. The lowest BCUT2D eigenvalue weighted by atomic mass is 10.1. The number of benzene rings is 1. The minimum atomic E-state index is -0.209. The van der Waals surface area contributed by atoms with Gasteiger partial charge >= 0.3 is 0 Å². The van der Waals surface area contributed by atoms with Crippen LogP contribution in [0.4, 0.5) is 5.69 Å². The molecular weight excluding hydrogens is 240 g/mol. The van der Waals surface area contributed by atoms with Crippen molar-refractivity contribution in [1.29, 1.82) is 0 Å². The van der Waals surface area contributed by atoms with E-state index in [9.17, 15) is 9.59 Å². The van der Waals surface area contributed by atoms with Crippen molar-refractivity contribution in [1.82, 2.24) is 4.90 Å².